The van der Waals surface area contributed by atoms with Gasteiger partial charge in [0.15, 0.2) is 5.84 Å². The molecule has 1 aromatic heterocycles. The van der Waals surface area contributed by atoms with Crippen LogP contribution in [0.1, 0.15) is 41.7 Å². The topological polar surface area (TPSA) is 112 Å². The fourth-order valence-electron chi connectivity index (χ4n) is 2.60. The average molecular weight is 292 g/mol. The van der Waals surface area contributed by atoms with Gasteiger partial charge in [-0.3, -0.25) is 9.78 Å². The number of hydrogen-bond donors (Lipinski definition) is 3. The number of likely N-dealkylation sites (N-methyl/N-ethyl adjacent to an activating group) is 1. The predicted molar refractivity (Wildman–Crippen MR) is 77.1 cm³/mol. The summed E-state index contributed by atoms with van der Waals surface area (Å²) in [6.45, 7) is 0. The number of aliphatic hydroxyl groups is 1. The highest BCUT2D eigenvalue weighted by Crippen LogP contribution is 2.23. The van der Waals surface area contributed by atoms with E-state index in [9.17, 15) is 9.90 Å². The Bertz CT molecular complexity index is 530. The maximum Gasteiger partial charge on any atom is 0.272 e. The van der Waals surface area contributed by atoms with E-state index in [0.29, 0.717) is 5.56 Å². The van der Waals surface area contributed by atoms with Crippen LogP contribution in [0.5, 0.6) is 0 Å². The summed E-state index contributed by atoms with van der Waals surface area (Å²) in [6.07, 6.45) is 4.42. The van der Waals surface area contributed by atoms with Gasteiger partial charge < -0.3 is 20.9 Å². The predicted octanol–water partition coefficient (Wildman–Crippen LogP) is 0.552. The molecule has 0 spiro atoms. The van der Waals surface area contributed by atoms with Gasteiger partial charge in [-0.1, -0.05) is 18.0 Å². The number of oxime groups is 1. The molecule has 7 nitrogen and oxygen atoms in total. The fourth-order valence-corrected chi connectivity index (χ4v) is 2.60. The van der Waals surface area contributed by atoms with Crippen LogP contribution in [-0.2, 0) is 0 Å². The summed E-state index contributed by atoms with van der Waals surface area (Å²) in [5.74, 6) is -0.301. The zero-order valence-corrected chi connectivity index (χ0v) is 11.9. The highest BCUT2D eigenvalue weighted by Gasteiger charge is 2.30. The number of aliphatic hydroxyl groups excluding tert-OH is 1. The first kappa shape index (κ1) is 15.2. The van der Waals surface area contributed by atoms with Crippen LogP contribution in [0, 0.1) is 0 Å². The van der Waals surface area contributed by atoms with Crippen molar-refractivity contribution in [3.05, 3.63) is 29.6 Å². The minimum Gasteiger partial charge on any atom is -0.409 e. The zero-order chi connectivity index (χ0) is 15.4. The summed E-state index contributed by atoms with van der Waals surface area (Å²) < 4.78 is 0. The number of carbonyl (C=O) groups excluding carboxylic acids is 1. The first-order valence-electron chi connectivity index (χ1n) is 6.93. The molecule has 7 heteroatoms. The minimum atomic E-state index is -0.482. The molecule has 0 bridgehead atoms. The molecule has 21 heavy (non-hydrogen) atoms. The Balaban J connectivity index is 2.12. The molecule has 1 aliphatic rings. The lowest BCUT2D eigenvalue weighted by molar-refractivity contribution is 0.0264. The number of carbonyl (C=O) groups is 1. The second kappa shape index (κ2) is 6.53. The molecule has 1 saturated carbocycles. The van der Waals surface area contributed by atoms with Gasteiger partial charge in [-0.25, -0.2) is 0 Å². The molecule has 2 unspecified atom stereocenters. The van der Waals surface area contributed by atoms with Crippen molar-refractivity contribution in [2.75, 3.05) is 7.05 Å². The molecule has 0 saturated heterocycles. The van der Waals surface area contributed by atoms with E-state index in [2.05, 4.69) is 10.1 Å². The molecule has 1 heterocycles. The van der Waals surface area contributed by atoms with Crippen molar-refractivity contribution in [1.29, 1.82) is 0 Å². The molecule has 1 fully saturated rings. The van der Waals surface area contributed by atoms with Crippen molar-refractivity contribution in [1.82, 2.24) is 9.88 Å². The maximum absolute atomic E-state index is 12.4. The fraction of sp³-hybridized carbons (Fsp3) is 0.500. The van der Waals surface area contributed by atoms with E-state index in [1.54, 1.807) is 18.0 Å². The highest BCUT2D eigenvalue weighted by molar-refractivity contribution is 5.98. The quantitative estimate of drug-likeness (QED) is 0.326. The first-order chi connectivity index (χ1) is 10.0. The van der Waals surface area contributed by atoms with E-state index in [1.807, 2.05) is 0 Å². The second-order valence-corrected chi connectivity index (χ2v) is 5.25. The van der Waals surface area contributed by atoms with Crippen LogP contribution in [0.15, 0.2) is 23.5 Å². The third-order valence-corrected chi connectivity index (χ3v) is 3.90. The monoisotopic (exact) mass is 292 g/mol. The summed E-state index contributed by atoms with van der Waals surface area (Å²) in [4.78, 5) is 18.0. The van der Waals surface area contributed by atoms with Gasteiger partial charge in [0.1, 0.15) is 5.69 Å². The number of nitrogens with zero attached hydrogens (tertiary/aromatic N) is 3. The van der Waals surface area contributed by atoms with Crippen molar-refractivity contribution in [3.63, 3.8) is 0 Å². The lowest BCUT2D eigenvalue weighted by atomic mass is 9.91. The Morgan fingerprint density at radius 1 is 1.43 bits per heavy atom. The molecule has 0 aliphatic heterocycles. The summed E-state index contributed by atoms with van der Waals surface area (Å²) in [6, 6.07) is 2.93. The normalized spacial score (nSPS) is 22.9. The molecule has 1 aliphatic carbocycles. The highest BCUT2D eigenvalue weighted by atomic mass is 16.4. The summed E-state index contributed by atoms with van der Waals surface area (Å²) in [7, 11) is 1.68. The number of amidine groups is 1. The van der Waals surface area contributed by atoms with Gasteiger partial charge in [-0.15, -0.1) is 0 Å². The Kier molecular flexibility index (Phi) is 4.74. The van der Waals surface area contributed by atoms with E-state index >= 15 is 0 Å². The van der Waals surface area contributed by atoms with Crippen LogP contribution in [0.2, 0.25) is 0 Å². The maximum atomic E-state index is 12.4. The second-order valence-electron chi connectivity index (χ2n) is 5.25. The summed E-state index contributed by atoms with van der Waals surface area (Å²) >= 11 is 0. The number of pyridine rings is 1. The van der Waals surface area contributed by atoms with E-state index in [1.165, 1.54) is 12.3 Å². The van der Waals surface area contributed by atoms with E-state index in [4.69, 9.17) is 10.9 Å². The SMILES string of the molecule is CN(C(=O)c1ccc(/C(N)=N/O)cn1)C1CCCCC1O. The van der Waals surface area contributed by atoms with Gasteiger partial charge in [0.25, 0.3) is 5.91 Å². The molecule has 2 rings (SSSR count). The molecular formula is C14H20N4O3. The standard InChI is InChI=1S/C14H20N4O3/c1-18(11-4-2-3-5-12(11)19)14(20)10-7-6-9(8-16-10)13(15)17-21/h6-8,11-12,19,21H,2-5H2,1H3,(H2,15,17). The van der Waals surface area contributed by atoms with Crippen LogP contribution in [0.4, 0.5) is 0 Å². The van der Waals surface area contributed by atoms with Gasteiger partial charge in [-0.2, -0.15) is 0 Å². The molecule has 1 aromatic rings. The smallest absolute Gasteiger partial charge is 0.272 e. The van der Waals surface area contributed by atoms with Crippen molar-refractivity contribution in [3.8, 4) is 0 Å². The molecule has 1 amide bonds. The number of hydrogen-bond acceptors (Lipinski definition) is 5. The minimum absolute atomic E-state index is 0.0578. The molecular weight excluding hydrogens is 272 g/mol. The summed E-state index contributed by atoms with van der Waals surface area (Å²) in [5, 5.41) is 21.5. The van der Waals surface area contributed by atoms with Gasteiger partial charge >= 0.3 is 0 Å². The summed E-state index contributed by atoms with van der Waals surface area (Å²) in [5.41, 5.74) is 6.15. The number of rotatable bonds is 3. The van der Waals surface area contributed by atoms with E-state index < -0.39 is 6.10 Å². The molecule has 0 aromatic carbocycles. The van der Waals surface area contributed by atoms with E-state index in [-0.39, 0.29) is 23.5 Å². The third-order valence-electron chi connectivity index (χ3n) is 3.90. The van der Waals surface area contributed by atoms with Crippen LogP contribution >= 0.6 is 0 Å². The van der Waals surface area contributed by atoms with Crippen molar-refractivity contribution >= 4 is 11.7 Å². The van der Waals surface area contributed by atoms with Crippen LogP contribution in [0.25, 0.3) is 0 Å². The molecule has 114 valence electrons. The number of amides is 1. The molecule has 4 N–H and O–H groups in total. The lowest BCUT2D eigenvalue weighted by Gasteiger charge is -2.35. The Morgan fingerprint density at radius 2 is 2.14 bits per heavy atom. The van der Waals surface area contributed by atoms with Gasteiger partial charge in [0.05, 0.1) is 12.1 Å². The van der Waals surface area contributed by atoms with Crippen molar-refractivity contribution < 1.29 is 15.1 Å². The Labute approximate surface area is 123 Å². The van der Waals surface area contributed by atoms with Crippen molar-refractivity contribution in [2.45, 2.75) is 37.8 Å². The number of aromatic nitrogens is 1. The van der Waals surface area contributed by atoms with Crippen molar-refractivity contribution in [2.24, 2.45) is 10.9 Å². The number of nitrogens with two attached hydrogens (primary N) is 1. The lowest BCUT2D eigenvalue weighted by Crippen LogP contribution is -2.46. The third kappa shape index (κ3) is 3.30. The zero-order valence-electron chi connectivity index (χ0n) is 11.9. The van der Waals surface area contributed by atoms with Crippen LogP contribution in [0.3, 0.4) is 0 Å². The average Bonchev–Trinajstić information content (AvgIpc) is 2.53. The van der Waals surface area contributed by atoms with Gasteiger partial charge in [0, 0.05) is 18.8 Å². The molecule has 0 radical (unpaired) electrons. The first-order valence-corrected chi connectivity index (χ1v) is 6.93. The molecule has 2 atom stereocenters. The van der Waals surface area contributed by atoms with Gasteiger partial charge in [-0.05, 0) is 25.0 Å². The Morgan fingerprint density at radius 3 is 2.71 bits per heavy atom. The largest absolute Gasteiger partial charge is 0.409 e. The van der Waals surface area contributed by atoms with E-state index in [0.717, 1.165) is 25.7 Å². The van der Waals surface area contributed by atoms with Gasteiger partial charge in [0.2, 0.25) is 0 Å². The Hall–Kier alpha value is -2.15. The van der Waals surface area contributed by atoms with Crippen LogP contribution < -0.4 is 5.73 Å². The van der Waals surface area contributed by atoms with Crippen LogP contribution in [-0.4, -0.2) is 51.1 Å².